The Morgan fingerprint density at radius 1 is 1.22 bits per heavy atom. The topological polar surface area (TPSA) is 92.0 Å². The highest BCUT2D eigenvalue weighted by molar-refractivity contribution is 5.91. The third kappa shape index (κ3) is 5.86. The molecule has 0 radical (unpaired) electrons. The fourth-order valence-corrected chi connectivity index (χ4v) is 3.91. The highest BCUT2D eigenvalue weighted by Crippen LogP contribution is 2.41. The Labute approximate surface area is 180 Å². The Balaban J connectivity index is 0.000000360. The van der Waals surface area contributed by atoms with E-state index >= 15 is 0 Å². The summed E-state index contributed by atoms with van der Waals surface area (Å²) in [5, 5.41) is 10.1. The molecule has 1 aromatic heterocycles. The highest BCUT2D eigenvalue weighted by atomic mass is 19.4. The lowest BCUT2D eigenvalue weighted by Crippen LogP contribution is -2.43. The fourth-order valence-electron chi connectivity index (χ4n) is 3.91. The summed E-state index contributed by atoms with van der Waals surface area (Å²) in [6.45, 7) is 4.50. The van der Waals surface area contributed by atoms with Crippen molar-refractivity contribution < 1.29 is 41.4 Å². The van der Waals surface area contributed by atoms with Crippen molar-refractivity contribution in [2.75, 3.05) is 32.8 Å². The Morgan fingerprint density at radius 3 is 2.50 bits per heavy atom. The zero-order valence-corrected chi connectivity index (χ0v) is 16.9. The number of amides is 1. The number of rotatable bonds is 5. The molecule has 32 heavy (non-hydrogen) atoms. The van der Waals surface area contributed by atoms with Crippen LogP contribution in [0, 0.1) is 17.2 Å². The number of carbonyl (C=O) groups excluding carboxylic acids is 1. The Hall–Kier alpha value is -2.92. The summed E-state index contributed by atoms with van der Waals surface area (Å²) < 4.78 is 55.6. The van der Waals surface area contributed by atoms with E-state index in [1.165, 1.54) is 18.4 Å². The molecule has 2 aliphatic heterocycles. The first-order chi connectivity index (χ1) is 15.1. The number of aliphatic carboxylic acids is 1. The molecule has 2 N–H and O–H groups in total. The Bertz CT molecular complexity index is 917. The number of hydrogen-bond donors (Lipinski definition) is 2. The maximum absolute atomic E-state index is 13.1. The molecule has 0 unspecified atom stereocenters. The summed E-state index contributed by atoms with van der Waals surface area (Å²) in [5.41, 5.74) is 1.03. The largest absolute Gasteiger partial charge is 0.490 e. The molecule has 2 fully saturated rings. The van der Waals surface area contributed by atoms with Crippen LogP contribution in [0.3, 0.4) is 0 Å². The second-order valence-corrected chi connectivity index (χ2v) is 7.83. The minimum Gasteiger partial charge on any atom is -0.475 e. The number of nitrogens with zero attached hydrogens (tertiary/aromatic N) is 1. The quantitative estimate of drug-likeness (QED) is 0.670. The first kappa shape index (κ1) is 23.7. The molecule has 1 aromatic carbocycles. The average molecular weight is 458 g/mol. The second-order valence-electron chi connectivity index (χ2n) is 7.83. The van der Waals surface area contributed by atoms with Gasteiger partial charge in [0.25, 0.3) is 5.91 Å². The number of furan rings is 1. The molecule has 4 rings (SSSR count). The normalized spacial score (nSPS) is 22.7. The standard InChI is InChI=1S/C19H21FN2O3.C2HF3O2/c20-16-5-3-14(4-6-16)8-22-9-15-10-24-13-19(15,12-22)11-21-18(23)17-2-1-7-25-17;3-2(4,5)1(6)7/h1-7,15H,8-13H2,(H,21,23);(H,6,7)/t15-,19+;/m1./s1. The molecule has 0 bridgehead atoms. The predicted molar refractivity (Wildman–Crippen MR) is 103 cm³/mol. The maximum Gasteiger partial charge on any atom is 0.490 e. The summed E-state index contributed by atoms with van der Waals surface area (Å²) in [6, 6.07) is 10.00. The molecule has 1 amide bonds. The van der Waals surface area contributed by atoms with Crippen LogP contribution >= 0.6 is 0 Å². The van der Waals surface area contributed by atoms with Crippen molar-refractivity contribution >= 4 is 11.9 Å². The van der Waals surface area contributed by atoms with Gasteiger partial charge < -0.3 is 19.6 Å². The van der Waals surface area contributed by atoms with E-state index < -0.39 is 12.1 Å². The van der Waals surface area contributed by atoms with Crippen LogP contribution in [0.25, 0.3) is 0 Å². The molecular weight excluding hydrogens is 436 g/mol. The van der Waals surface area contributed by atoms with Crippen LogP contribution in [0.4, 0.5) is 17.6 Å². The van der Waals surface area contributed by atoms with Gasteiger partial charge in [-0.25, -0.2) is 9.18 Å². The fraction of sp³-hybridized carbons (Fsp3) is 0.429. The number of alkyl halides is 3. The SMILES string of the molecule is O=C(NC[C@]12COC[C@H]1CN(Cc1ccc(F)cc1)C2)c1ccco1.O=C(O)C(F)(F)F. The number of carboxylic acids is 1. The minimum atomic E-state index is -5.08. The third-order valence-electron chi connectivity index (χ3n) is 5.50. The Morgan fingerprint density at radius 2 is 1.91 bits per heavy atom. The van der Waals surface area contributed by atoms with Crippen LogP contribution in [-0.4, -0.2) is 60.9 Å². The van der Waals surface area contributed by atoms with Gasteiger partial charge in [0.2, 0.25) is 0 Å². The zero-order valence-electron chi connectivity index (χ0n) is 16.9. The molecule has 2 aliphatic rings. The van der Waals surface area contributed by atoms with E-state index in [0.29, 0.717) is 24.8 Å². The van der Waals surface area contributed by atoms with Crippen LogP contribution in [-0.2, 0) is 16.1 Å². The van der Waals surface area contributed by atoms with Gasteiger partial charge in [-0.05, 0) is 29.8 Å². The Kier molecular flexibility index (Phi) is 7.19. The van der Waals surface area contributed by atoms with Gasteiger partial charge in [0, 0.05) is 37.5 Å². The number of hydrogen-bond acceptors (Lipinski definition) is 5. The molecule has 2 atom stereocenters. The summed E-state index contributed by atoms with van der Waals surface area (Å²) in [7, 11) is 0. The molecule has 0 aliphatic carbocycles. The van der Waals surface area contributed by atoms with Gasteiger partial charge in [-0.15, -0.1) is 0 Å². The van der Waals surface area contributed by atoms with E-state index in [4.69, 9.17) is 19.1 Å². The minimum absolute atomic E-state index is 0.0672. The van der Waals surface area contributed by atoms with E-state index in [1.54, 1.807) is 12.1 Å². The summed E-state index contributed by atoms with van der Waals surface area (Å²) >= 11 is 0. The van der Waals surface area contributed by atoms with Crippen molar-refractivity contribution in [2.45, 2.75) is 12.7 Å². The van der Waals surface area contributed by atoms with Gasteiger partial charge in [0.1, 0.15) is 5.82 Å². The van der Waals surface area contributed by atoms with E-state index in [0.717, 1.165) is 31.8 Å². The summed E-state index contributed by atoms with van der Waals surface area (Å²) in [5.74, 6) is -2.44. The van der Waals surface area contributed by atoms with Gasteiger partial charge >= 0.3 is 12.1 Å². The molecule has 174 valence electrons. The molecule has 7 nitrogen and oxygen atoms in total. The maximum atomic E-state index is 13.1. The van der Waals surface area contributed by atoms with Crippen LogP contribution in [0.2, 0.25) is 0 Å². The predicted octanol–water partition coefficient (Wildman–Crippen LogP) is 2.93. The lowest BCUT2D eigenvalue weighted by molar-refractivity contribution is -0.192. The van der Waals surface area contributed by atoms with Gasteiger partial charge in [-0.2, -0.15) is 13.2 Å². The molecule has 2 aromatic rings. The molecular formula is C21H22F4N2O5. The van der Waals surface area contributed by atoms with Crippen LogP contribution in [0.15, 0.2) is 47.1 Å². The number of carbonyl (C=O) groups is 2. The lowest BCUT2D eigenvalue weighted by Gasteiger charge is -2.27. The smallest absolute Gasteiger partial charge is 0.475 e. The van der Waals surface area contributed by atoms with Crippen LogP contribution in [0.1, 0.15) is 16.1 Å². The van der Waals surface area contributed by atoms with Gasteiger partial charge in [-0.3, -0.25) is 9.69 Å². The monoisotopic (exact) mass is 458 g/mol. The van der Waals surface area contributed by atoms with Crippen molar-refractivity contribution in [3.05, 3.63) is 59.8 Å². The number of benzene rings is 1. The van der Waals surface area contributed by atoms with Gasteiger partial charge in [-0.1, -0.05) is 12.1 Å². The zero-order chi connectivity index (χ0) is 23.4. The van der Waals surface area contributed by atoms with Crippen molar-refractivity contribution in [3.63, 3.8) is 0 Å². The van der Waals surface area contributed by atoms with E-state index in [9.17, 15) is 22.4 Å². The molecule has 0 spiro atoms. The van der Waals surface area contributed by atoms with E-state index in [1.807, 2.05) is 12.1 Å². The average Bonchev–Trinajstić information content (AvgIpc) is 3.44. The molecule has 2 saturated heterocycles. The van der Waals surface area contributed by atoms with Crippen LogP contribution in [0.5, 0.6) is 0 Å². The first-order valence-corrected chi connectivity index (χ1v) is 9.75. The third-order valence-corrected chi connectivity index (χ3v) is 5.50. The lowest BCUT2D eigenvalue weighted by atomic mass is 9.81. The van der Waals surface area contributed by atoms with Crippen LogP contribution < -0.4 is 5.32 Å². The van der Waals surface area contributed by atoms with Crippen molar-refractivity contribution in [3.8, 4) is 0 Å². The number of ether oxygens (including phenoxy) is 1. The summed E-state index contributed by atoms with van der Waals surface area (Å²) in [4.78, 5) is 23.4. The second kappa shape index (κ2) is 9.70. The number of fused-ring (bicyclic) bond motifs is 1. The number of likely N-dealkylation sites (tertiary alicyclic amines) is 1. The van der Waals surface area contributed by atoms with Crippen molar-refractivity contribution in [2.24, 2.45) is 11.3 Å². The van der Waals surface area contributed by atoms with Gasteiger partial charge in [0.15, 0.2) is 5.76 Å². The molecule has 3 heterocycles. The van der Waals surface area contributed by atoms with E-state index in [-0.39, 0.29) is 17.1 Å². The molecule has 11 heteroatoms. The van der Waals surface area contributed by atoms with E-state index in [2.05, 4.69) is 10.2 Å². The summed E-state index contributed by atoms with van der Waals surface area (Å²) in [6.07, 6.45) is -3.59. The highest BCUT2D eigenvalue weighted by Gasteiger charge is 2.50. The number of nitrogens with one attached hydrogen (secondary N) is 1. The van der Waals surface area contributed by atoms with Crippen molar-refractivity contribution in [1.82, 2.24) is 10.2 Å². The number of carboxylic acid groups (broad SMARTS) is 1. The van der Waals surface area contributed by atoms with Gasteiger partial charge in [0.05, 0.1) is 19.5 Å². The molecule has 0 saturated carbocycles. The van der Waals surface area contributed by atoms with Crippen molar-refractivity contribution in [1.29, 1.82) is 0 Å². The first-order valence-electron chi connectivity index (χ1n) is 9.75. The number of halogens is 4.